The standard InChI is InChI=1S/C16H22N2O2/c1-13(2)12-20-16(19)18(3)11-15-8-5-4-7-14(15)9-6-10-17/h4-5,7-8,13H,10-12,17H2,1-3H3. The Kier molecular flexibility index (Phi) is 6.61. The van der Waals surface area contributed by atoms with Crippen molar-refractivity contribution in [2.24, 2.45) is 11.7 Å². The number of nitrogens with zero attached hydrogens (tertiary/aromatic N) is 1. The van der Waals surface area contributed by atoms with Crippen LogP contribution in [0.15, 0.2) is 24.3 Å². The van der Waals surface area contributed by atoms with Gasteiger partial charge in [0.2, 0.25) is 0 Å². The molecule has 4 heteroatoms. The fourth-order valence-electron chi connectivity index (χ4n) is 1.59. The number of carbonyl (C=O) groups is 1. The van der Waals surface area contributed by atoms with E-state index in [2.05, 4.69) is 11.8 Å². The predicted octanol–water partition coefficient (Wildman–Crippen LogP) is 2.22. The number of amides is 1. The lowest BCUT2D eigenvalue weighted by Crippen LogP contribution is -2.28. The second-order valence-corrected chi connectivity index (χ2v) is 4.99. The molecule has 0 saturated carbocycles. The number of benzene rings is 1. The van der Waals surface area contributed by atoms with E-state index >= 15 is 0 Å². The van der Waals surface area contributed by atoms with E-state index in [0.717, 1.165) is 11.1 Å². The summed E-state index contributed by atoms with van der Waals surface area (Å²) in [6.07, 6.45) is -0.319. The minimum Gasteiger partial charge on any atom is -0.449 e. The Morgan fingerprint density at radius 3 is 2.75 bits per heavy atom. The van der Waals surface area contributed by atoms with Crippen molar-refractivity contribution in [3.8, 4) is 11.8 Å². The van der Waals surface area contributed by atoms with E-state index < -0.39 is 0 Å². The van der Waals surface area contributed by atoms with Crippen LogP contribution in [0.2, 0.25) is 0 Å². The first kappa shape index (κ1) is 16.1. The Balaban J connectivity index is 2.70. The average molecular weight is 274 g/mol. The normalized spacial score (nSPS) is 9.85. The smallest absolute Gasteiger partial charge is 0.409 e. The molecule has 0 heterocycles. The van der Waals surface area contributed by atoms with Crippen LogP contribution in [-0.2, 0) is 11.3 Å². The van der Waals surface area contributed by atoms with Crippen molar-refractivity contribution in [1.29, 1.82) is 0 Å². The Morgan fingerprint density at radius 2 is 2.10 bits per heavy atom. The van der Waals surface area contributed by atoms with Crippen LogP contribution in [0.4, 0.5) is 4.79 Å². The second kappa shape index (κ2) is 8.23. The number of nitrogens with two attached hydrogens (primary N) is 1. The van der Waals surface area contributed by atoms with Crippen LogP contribution in [-0.4, -0.2) is 31.2 Å². The van der Waals surface area contributed by atoms with Gasteiger partial charge in [-0.05, 0) is 17.5 Å². The molecule has 20 heavy (non-hydrogen) atoms. The monoisotopic (exact) mass is 274 g/mol. The minimum atomic E-state index is -0.319. The van der Waals surface area contributed by atoms with E-state index in [1.165, 1.54) is 0 Å². The van der Waals surface area contributed by atoms with Gasteiger partial charge in [-0.15, -0.1) is 0 Å². The van der Waals surface area contributed by atoms with Gasteiger partial charge in [0.1, 0.15) is 0 Å². The largest absolute Gasteiger partial charge is 0.449 e. The summed E-state index contributed by atoms with van der Waals surface area (Å²) in [7, 11) is 1.72. The molecule has 0 saturated heterocycles. The van der Waals surface area contributed by atoms with Crippen LogP contribution < -0.4 is 5.73 Å². The Bertz CT molecular complexity index is 501. The van der Waals surface area contributed by atoms with Gasteiger partial charge in [0.25, 0.3) is 0 Å². The molecule has 0 spiro atoms. The fourth-order valence-corrected chi connectivity index (χ4v) is 1.59. The fraction of sp³-hybridized carbons (Fsp3) is 0.438. The predicted molar refractivity (Wildman–Crippen MR) is 80.0 cm³/mol. The number of ether oxygens (including phenoxy) is 1. The van der Waals surface area contributed by atoms with E-state index in [-0.39, 0.29) is 6.09 Å². The average Bonchev–Trinajstić information content (AvgIpc) is 2.43. The zero-order chi connectivity index (χ0) is 15.0. The molecule has 2 N–H and O–H groups in total. The molecule has 0 radical (unpaired) electrons. The third-order valence-electron chi connectivity index (χ3n) is 2.60. The van der Waals surface area contributed by atoms with Crippen LogP contribution in [0, 0.1) is 17.8 Å². The topological polar surface area (TPSA) is 55.6 Å². The number of rotatable bonds is 4. The van der Waals surface area contributed by atoms with E-state index in [4.69, 9.17) is 10.5 Å². The molecule has 0 aliphatic carbocycles. The number of hydrogen-bond donors (Lipinski definition) is 1. The highest BCUT2D eigenvalue weighted by Crippen LogP contribution is 2.10. The van der Waals surface area contributed by atoms with E-state index in [9.17, 15) is 4.79 Å². The SMILES string of the molecule is CC(C)COC(=O)N(C)Cc1ccccc1C#CCN. The van der Waals surface area contributed by atoms with Crippen LogP contribution >= 0.6 is 0 Å². The molecule has 0 fully saturated rings. The maximum atomic E-state index is 11.8. The molecule has 0 aliphatic rings. The van der Waals surface area contributed by atoms with Crippen molar-refractivity contribution in [1.82, 2.24) is 4.90 Å². The summed E-state index contributed by atoms with van der Waals surface area (Å²) in [6.45, 7) is 5.22. The van der Waals surface area contributed by atoms with Gasteiger partial charge in [0, 0.05) is 19.2 Å². The first-order valence-electron chi connectivity index (χ1n) is 6.69. The number of carbonyl (C=O) groups excluding carboxylic acids is 1. The van der Waals surface area contributed by atoms with Crippen molar-refractivity contribution in [2.45, 2.75) is 20.4 Å². The van der Waals surface area contributed by atoms with Gasteiger partial charge in [-0.2, -0.15) is 0 Å². The Hall–Kier alpha value is -1.99. The lowest BCUT2D eigenvalue weighted by molar-refractivity contribution is 0.0980. The number of hydrogen-bond acceptors (Lipinski definition) is 3. The molecule has 1 aromatic rings. The molecular formula is C16H22N2O2. The third kappa shape index (κ3) is 5.33. The van der Waals surface area contributed by atoms with Gasteiger partial charge >= 0.3 is 6.09 Å². The summed E-state index contributed by atoms with van der Waals surface area (Å²) in [6, 6.07) is 7.72. The van der Waals surface area contributed by atoms with Crippen LogP contribution in [0.3, 0.4) is 0 Å². The molecule has 0 aliphatic heterocycles. The van der Waals surface area contributed by atoms with Gasteiger partial charge < -0.3 is 15.4 Å². The lowest BCUT2D eigenvalue weighted by Gasteiger charge is -2.18. The second-order valence-electron chi connectivity index (χ2n) is 4.99. The minimum absolute atomic E-state index is 0.319. The van der Waals surface area contributed by atoms with Crippen molar-refractivity contribution in [3.63, 3.8) is 0 Å². The van der Waals surface area contributed by atoms with Crippen molar-refractivity contribution >= 4 is 6.09 Å². The molecule has 1 aromatic carbocycles. The Labute approximate surface area is 120 Å². The first-order valence-corrected chi connectivity index (χ1v) is 6.69. The zero-order valence-corrected chi connectivity index (χ0v) is 12.3. The Morgan fingerprint density at radius 1 is 1.40 bits per heavy atom. The van der Waals surface area contributed by atoms with Crippen molar-refractivity contribution < 1.29 is 9.53 Å². The van der Waals surface area contributed by atoms with Gasteiger partial charge in [-0.1, -0.05) is 43.9 Å². The third-order valence-corrected chi connectivity index (χ3v) is 2.60. The van der Waals surface area contributed by atoms with Gasteiger partial charge in [0.05, 0.1) is 13.2 Å². The lowest BCUT2D eigenvalue weighted by atomic mass is 10.1. The molecule has 108 valence electrons. The summed E-state index contributed by atoms with van der Waals surface area (Å²) in [5, 5.41) is 0. The maximum Gasteiger partial charge on any atom is 0.409 e. The maximum absolute atomic E-state index is 11.8. The molecular weight excluding hydrogens is 252 g/mol. The highest BCUT2D eigenvalue weighted by Gasteiger charge is 2.12. The summed E-state index contributed by atoms with van der Waals surface area (Å²) in [5.41, 5.74) is 7.26. The van der Waals surface area contributed by atoms with E-state index in [0.29, 0.717) is 25.6 Å². The molecule has 1 amide bonds. The summed E-state index contributed by atoms with van der Waals surface area (Å²) in [4.78, 5) is 13.4. The first-order chi connectivity index (χ1) is 9.54. The molecule has 0 atom stereocenters. The molecule has 0 unspecified atom stereocenters. The van der Waals surface area contributed by atoms with E-state index in [1.54, 1.807) is 11.9 Å². The van der Waals surface area contributed by atoms with Crippen molar-refractivity contribution in [2.75, 3.05) is 20.2 Å². The highest BCUT2D eigenvalue weighted by atomic mass is 16.6. The summed E-state index contributed by atoms with van der Waals surface area (Å²) < 4.78 is 5.19. The molecule has 0 bridgehead atoms. The molecule has 4 nitrogen and oxygen atoms in total. The van der Waals surface area contributed by atoms with Crippen LogP contribution in [0.25, 0.3) is 0 Å². The quantitative estimate of drug-likeness (QED) is 0.857. The van der Waals surface area contributed by atoms with Crippen LogP contribution in [0.1, 0.15) is 25.0 Å². The molecule has 1 rings (SSSR count). The summed E-state index contributed by atoms with van der Waals surface area (Å²) in [5.74, 6) is 6.17. The highest BCUT2D eigenvalue weighted by molar-refractivity contribution is 5.67. The van der Waals surface area contributed by atoms with Gasteiger partial charge in [-0.3, -0.25) is 0 Å². The summed E-state index contributed by atoms with van der Waals surface area (Å²) >= 11 is 0. The van der Waals surface area contributed by atoms with E-state index in [1.807, 2.05) is 38.1 Å². The van der Waals surface area contributed by atoms with Gasteiger partial charge in [0.15, 0.2) is 0 Å². The van der Waals surface area contributed by atoms with Gasteiger partial charge in [-0.25, -0.2) is 4.79 Å². The van der Waals surface area contributed by atoms with Crippen molar-refractivity contribution in [3.05, 3.63) is 35.4 Å². The van der Waals surface area contributed by atoms with Crippen LogP contribution in [0.5, 0.6) is 0 Å². The molecule has 0 aromatic heterocycles. The zero-order valence-electron chi connectivity index (χ0n) is 12.3.